The van der Waals surface area contributed by atoms with Crippen LogP contribution >= 0.6 is 11.3 Å². The Hall–Kier alpha value is -0.650. The van der Waals surface area contributed by atoms with Crippen molar-refractivity contribution in [2.45, 2.75) is 46.0 Å². The van der Waals surface area contributed by atoms with Crippen LogP contribution in [-0.2, 0) is 17.8 Å². The summed E-state index contributed by atoms with van der Waals surface area (Å²) >= 11 is 1.60. The molecule has 0 spiro atoms. The normalized spacial score (nSPS) is 25.3. The fourth-order valence-corrected chi connectivity index (χ4v) is 3.27. The van der Waals surface area contributed by atoms with Crippen molar-refractivity contribution < 1.29 is 9.84 Å². The van der Waals surface area contributed by atoms with E-state index in [0.717, 1.165) is 35.2 Å². The zero-order valence-corrected chi connectivity index (χ0v) is 11.5. The van der Waals surface area contributed by atoms with E-state index in [1.807, 2.05) is 0 Å². The molecule has 4 nitrogen and oxygen atoms in total. The fourth-order valence-electron chi connectivity index (χ4n) is 2.24. The Kier molecular flexibility index (Phi) is 4.01. The van der Waals surface area contributed by atoms with Crippen molar-refractivity contribution in [3.05, 3.63) is 10.6 Å². The van der Waals surface area contributed by atoms with Crippen molar-refractivity contribution >= 4 is 16.5 Å². The molecule has 1 fully saturated rings. The number of hydrogen-bond acceptors (Lipinski definition) is 5. The highest BCUT2D eigenvalue weighted by atomic mass is 32.1. The summed E-state index contributed by atoms with van der Waals surface area (Å²) in [5.41, 5.74) is 1.03. The highest BCUT2D eigenvalue weighted by Crippen LogP contribution is 2.29. The number of rotatable bonds is 3. The molecule has 1 aromatic rings. The van der Waals surface area contributed by atoms with E-state index in [4.69, 9.17) is 4.74 Å². The van der Waals surface area contributed by atoms with E-state index >= 15 is 0 Å². The monoisotopic (exact) mass is 256 g/mol. The van der Waals surface area contributed by atoms with Gasteiger partial charge in [0, 0.05) is 13.1 Å². The van der Waals surface area contributed by atoms with E-state index in [9.17, 15) is 5.11 Å². The summed E-state index contributed by atoms with van der Waals surface area (Å²) in [4.78, 5) is 7.88. The number of aliphatic hydroxyl groups excluding tert-OH is 1. The van der Waals surface area contributed by atoms with Crippen LogP contribution < -0.4 is 4.90 Å². The van der Waals surface area contributed by atoms with E-state index in [0.29, 0.717) is 0 Å². The number of hydrogen-bond donors (Lipinski definition) is 1. The highest BCUT2D eigenvalue weighted by molar-refractivity contribution is 7.15. The minimum Gasteiger partial charge on any atom is -0.391 e. The first-order chi connectivity index (χ1) is 8.13. The van der Waals surface area contributed by atoms with Gasteiger partial charge in [-0.05, 0) is 20.3 Å². The van der Waals surface area contributed by atoms with Gasteiger partial charge in [0.25, 0.3) is 0 Å². The van der Waals surface area contributed by atoms with Gasteiger partial charge in [0.2, 0.25) is 0 Å². The molecule has 0 aromatic carbocycles. The van der Waals surface area contributed by atoms with E-state index in [1.54, 1.807) is 11.3 Å². The van der Waals surface area contributed by atoms with Gasteiger partial charge < -0.3 is 14.7 Å². The van der Waals surface area contributed by atoms with Gasteiger partial charge in [0.15, 0.2) is 5.13 Å². The summed E-state index contributed by atoms with van der Waals surface area (Å²) in [5.74, 6) is 0. The molecule has 0 amide bonds. The second-order valence-electron chi connectivity index (χ2n) is 4.54. The minimum absolute atomic E-state index is 0.0935. The third-order valence-electron chi connectivity index (χ3n) is 2.94. The summed E-state index contributed by atoms with van der Waals surface area (Å²) < 4.78 is 5.71. The van der Waals surface area contributed by atoms with Crippen LogP contribution in [0, 0.1) is 0 Å². The Balaban J connectivity index is 2.18. The molecule has 1 aromatic heterocycles. The van der Waals surface area contributed by atoms with Crippen LogP contribution in [0.25, 0.3) is 0 Å². The fraction of sp³-hybridized carbons (Fsp3) is 0.750. The van der Waals surface area contributed by atoms with Gasteiger partial charge in [-0.15, -0.1) is 0 Å². The predicted molar refractivity (Wildman–Crippen MR) is 69.6 cm³/mol. The van der Waals surface area contributed by atoms with Crippen LogP contribution in [-0.4, -0.2) is 35.4 Å². The molecule has 2 unspecified atom stereocenters. The quantitative estimate of drug-likeness (QED) is 0.896. The predicted octanol–water partition coefficient (Wildman–Crippen LogP) is 1.81. The van der Waals surface area contributed by atoms with Crippen molar-refractivity contribution in [2.75, 3.05) is 18.0 Å². The maximum absolute atomic E-state index is 9.29. The van der Waals surface area contributed by atoms with Gasteiger partial charge in [-0.3, -0.25) is 0 Å². The molecular formula is C12H20N2O2S. The smallest absolute Gasteiger partial charge is 0.186 e. The molecule has 0 radical (unpaired) electrons. The standard InChI is InChI=1S/C12H20N2O2S/c1-4-10-11(7-15)17-12(13-10)14-5-8(2)16-9(3)6-14/h8-9,15H,4-7H2,1-3H3. The molecule has 1 aliphatic heterocycles. The second kappa shape index (κ2) is 5.33. The molecule has 0 saturated carbocycles. The topological polar surface area (TPSA) is 45.6 Å². The van der Waals surface area contributed by atoms with Crippen molar-refractivity contribution in [2.24, 2.45) is 0 Å². The maximum atomic E-state index is 9.29. The first kappa shape index (κ1) is 12.8. The molecule has 96 valence electrons. The molecule has 0 bridgehead atoms. The van der Waals surface area contributed by atoms with Gasteiger partial charge in [-0.2, -0.15) is 0 Å². The summed E-state index contributed by atoms with van der Waals surface area (Å²) in [5, 5.41) is 10.3. The minimum atomic E-state index is 0.0935. The average molecular weight is 256 g/mol. The van der Waals surface area contributed by atoms with Crippen LogP contribution in [0.4, 0.5) is 5.13 Å². The van der Waals surface area contributed by atoms with Crippen LogP contribution in [0.5, 0.6) is 0 Å². The molecule has 0 aliphatic carbocycles. The Morgan fingerprint density at radius 2 is 2.06 bits per heavy atom. The van der Waals surface area contributed by atoms with E-state index in [1.165, 1.54) is 0 Å². The van der Waals surface area contributed by atoms with Crippen molar-refractivity contribution in [1.82, 2.24) is 4.98 Å². The zero-order chi connectivity index (χ0) is 12.4. The van der Waals surface area contributed by atoms with Gasteiger partial charge in [0.05, 0.1) is 29.4 Å². The van der Waals surface area contributed by atoms with Crippen LogP contribution in [0.2, 0.25) is 0 Å². The first-order valence-corrected chi connectivity index (χ1v) is 6.95. The lowest BCUT2D eigenvalue weighted by molar-refractivity contribution is -0.00523. The second-order valence-corrected chi connectivity index (χ2v) is 5.60. The molecular weight excluding hydrogens is 236 g/mol. The van der Waals surface area contributed by atoms with Crippen LogP contribution in [0.1, 0.15) is 31.3 Å². The molecule has 2 heterocycles. The Bertz CT molecular complexity index is 349. The van der Waals surface area contributed by atoms with E-state index in [-0.39, 0.29) is 18.8 Å². The lowest BCUT2D eigenvalue weighted by Gasteiger charge is -2.35. The summed E-state index contributed by atoms with van der Waals surface area (Å²) in [6.07, 6.45) is 1.36. The number of thiazole rings is 1. The molecule has 1 aliphatic rings. The number of aryl methyl sites for hydroxylation is 1. The van der Waals surface area contributed by atoms with Crippen molar-refractivity contribution in [3.8, 4) is 0 Å². The van der Waals surface area contributed by atoms with Crippen molar-refractivity contribution in [3.63, 3.8) is 0 Å². The van der Waals surface area contributed by atoms with Crippen LogP contribution in [0.15, 0.2) is 0 Å². The highest BCUT2D eigenvalue weighted by Gasteiger charge is 2.25. The number of nitrogens with zero attached hydrogens (tertiary/aromatic N) is 2. The Morgan fingerprint density at radius 1 is 1.41 bits per heavy atom. The average Bonchev–Trinajstić information content (AvgIpc) is 2.70. The zero-order valence-electron chi connectivity index (χ0n) is 10.6. The van der Waals surface area contributed by atoms with E-state index in [2.05, 4.69) is 30.7 Å². The van der Waals surface area contributed by atoms with Crippen molar-refractivity contribution in [1.29, 1.82) is 0 Å². The summed E-state index contributed by atoms with van der Waals surface area (Å²) in [7, 11) is 0. The van der Waals surface area contributed by atoms with Crippen LogP contribution in [0.3, 0.4) is 0 Å². The Labute approximate surface area is 106 Å². The molecule has 1 N–H and O–H groups in total. The summed E-state index contributed by atoms with van der Waals surface area (Å²) in [6.45, 7) is 8.10. The number of ether oxygens (including phenoxy) is 1. The van der Waals surface area contributed by atoms with Gasteiger partial charge in [0.1, 0.15) is 0 Å². The lowest BCUT2D eigenvalue weighted by atomic mass is 10.2. The SMILES string of the molecule is CCc1nc(N2CC(C)OC(C)C2)sc1CO. The molecule has 2 atom stereocenters. The number of aliphatic hydroxyl groups is 1. The molecule has 1 saturated heterocycles. The number of morpholine rings is 1. The number of aromatic nitrogens is 1. The van der Waals surface area contributed by atoms with Gasteiger partial charge >= 0.3 is 0 Å². The Morgan fingerprint density at radius 3 is 2.53 bits per heavy atom. The lowest BCUT2D eigenvalue weighted by Crippen LogP contribution is -2.45. The largest absolute Gasteiger partial charge is 0.391 e. The molecule has 5 heteroatoms. The number of anilines is 1. The maximum Gasteiger partial charge on any atom is 0.186 e. The molecule has 2 rings (SSSR count). The molecule has 17 heavy (non-hydrogen) atoms. The third kappa shape index (κ3) is 2.78. The van der Waals surface area contributed by atoms with Gasteiger partial charge in [-0.1, -0.05) is 18.3 Å². The summed E-state index contributed by atoms with van der Waals surface area (Å²) in [6, 6.07) is 0. The first-order valence-electron chi connectivity index (χ1n) is 6.13. The van der Waals surface area contributed by atoms with E-state index < -0.39 is 0 Å². The van der Waals surface area contributed by atoms with Gasteiger partial charge in [-0.25, -0.2) is 4.98 Å². The third-order valence-corrected chi connectivity index (χ3v) is 4.08.